The quantitative estimate of drug-likeness (QED) is 0.820. The molecule has 0 radical (unpaired) electrons. The monoisotopic (exact) mass is 224 g/mol. The van der Waals surface area contributed by atoms with Crippen molar-refractivity contribution in [1.82, 2.24) is 10.6 Å². The summed E-state index contributed by atoms with van der Waals surface area (Å²) in [5.74, 6) is 0. The Morgan fingerprint density at radius 2 is 2.40 bits per heavy atom. The second-order valence-corrected chi connectivity index (χ2v) is 4.49. The number of benzene rings is 1. The van der Waals surface area contributed by atoms with Gasteiger partial charge in [0.05, 0.1) is 0 Å². The minimum atomic E-state index is 0.657. The topological polar surface area (TPSA) is 24.1 Å². The number of nitrogens with one attached hydrogen (secondary N) is 2. The van der Waals surface area contributed by atoms with E-state index in [2.05, 4.69) is 16.7 Å². The molecule has 15 heavy (non-hydrogen) atoms. The molecular weight excluding hydrogens is 208 g/mol. The van der Waals surface area contributed by atoms with Gasteiger partial charge in [0.15, 0.2) is 0 Å². The highest BCUT2D eigenvalue weighted by Crippen LogP contribution is 2.10. The van der Waals surface area contributed by atoms with Gasteiger partial charge in [-0.15, -0.1) is 0 Å². The molecule has 0 bridgehead atoms. The van der Waals surface area contributed by atoms with Crippen molar-refractivity contribution in [3.05, 3.63) is 34.9 Å². The van der Waals surface area contributed by atoms with Gasteiger partial charge in [0.2, 0.25) is 0 Å². The zero-order valence-electron chi connectivity index (χ0n) is 8.80. The summed E-state index contributed by atoms with van der Waals surface area (Å²) in [6.07, 6.45) is 2.60. The summed E-state index contributed by atoms with van der Waals surface area (Å²) in [5, 5.41) is 7.73. The molecule has 2 rings (SSSR count). The summed E-state index contributed by atoms with van der Waals surface area (Å²) in [6.45, 7) is 3.12. The summed E-state index contributed by atoms with van der Waals surface area (Å²) in [5.41, 5.74) is 1.25. The van der Waals surface area contributed by atoms with Crippen LogP contribution >= 0.6 is 11.6 Å². The molecule has 0 saturated carbocycles. The van der Waals surface area contributed by atoms with Crippen molar-refractivity contribution in [3.63, 3.8) is 0 Å². The van der Waals surface area contributed by atoms with Gasteiger partial charge in [0.1, 0.15) is 0 Å². The molecule has 1 fully saturated rings. The fourth-order valence-electron chi connectivity index (χ4n) is 1.97. The molecule has 1 heterocycles. The van der Waals surface area contributed by atoms with Gasteiger partial charge >= 0.3 is 0 Å². The molecule has 1 aromatic rings. The Labute approximate surface area is 96.0 Å². The molecule has 1 aromatic carbocycles. The molecule has 0 aliphatic carbocycles. The molecule has 2 N–H and O–H groups in total. The predicted octanol–water partition coefficient (Wildman–Crippen LogP) is 2.18. The lowest BCUT2D eigenvalue weighted by atomic mass is 10.2. The summed E-state index contributed by atoms with van der Waals surface area (Å²) < 4.78 is 0. The average Bonchev–Trinajstić information content (AvgIpc) is 2.71. The van der Waals surface area contributed by atoms with Crippen LogP contribution in [0, 0.1) is 0 Å². The van der Waals surface area contributed by atoms with Crippen LogP contribution in [-0.4, -0.2) is 19.1 Å². The van der Waals surface area contributed by atoms with E-state index < -0.39 is 0 Å². The number of halogens is 1. The van der Waals surface area contributed by atoms with Gasteiger partial charge < -0.3 is 10.6 Å². The molecule has 82 valence electrons. The predicted molar refractivity (Wildman–Crippen MR) is 64.2 cm³/mol. The lowest BCUT2D eigenvalue weighted by Gasteiger charge is -2.11. The molecule has 3 heteroatoms. The Bertz CT molecular complexity index is 308. The van der Waals surface area contributed by atoms with Gasteiger partial charge in [0, 0.05) is 24.2 Å². The van der Waals surface area contributed by atoms with Crippen molar-refractivity contribution in [2.75, 3.05) is 13.1 Å². The average molecular weight is 225 g/mol. The Morgan fingerprint density at radius 1 is 1.47 bits per heavy atom. The Kier molecular flexibility index (Phi) is 4.01. The van der Waals surface area contributed by atoms with Crippen LogP contribution in [-0.2, 0) is 6.54 Å². The molecule has 0 aromatic heterocycles. The van der Waals surface area contributed by atoms with Gasteiger partial charge in [-0.2, -0.15) is 0 Å². The van der Waals surface area contributed by atoms with Gasteiger partial charge in [-0.25, -0.2) is 0 Å². The fraction of sp³-hybridized carbons (Fsp3) is 0.500. The van der Waals surface area contributed by atoms with Gasteiger partial charge in [-0.3, -0.25) is 0 Å². The van der Waals surface area contributed by atoms with Crippen molar-refractivity contribution in [2.45, 2.75) is 25.4 Å². The zero-order valence-corrected chi connectivity index (χ0v) is 9.56. The van der Waals surface area contributed by atoms with Crippen LogP contribution in [0.4, 0.5) is 0 Å². The molecule has 1 aliphatic rings. The van der Waals surface area contributed by atoms with E-state index in [0.717, 1.165) is 18.1 Å². The van der Waals surface area contributed by atoms with Crippen LogP contribution in [0.15, 0.2) is 24.3 Å². The first-order valence-corrected chi connectivity index (χ1v) is 5.91. The third-order valence-electron chi connectivity index (χ3n) is 2.77. The van der Waals surface area contributed by atoms with E-state index in [1.165, 1.54) is 24.9 Å². The SMILES string of the molecule is Clc1cccc(CNC[C@@H]2CCCN2)c1. The highest BCUT2D eigenvalue weighted by molar-refractivity contribution is 6.30. The van der Waals surface area contributed by atoms with Crippen molar-refractivity contribution >= 4 is 11.6 Å². The second kappa shape index (κ2) is 5.50. The summed E-state index contributed by atoms with van der Waals surface area (Å²) in [4.78, 5) is 0. The van der Waals surface area contributed by atoms with Crippen LogP contribution in [0.25, 0.3) is 0 Å². The number of hydrogen-bond acceptors (Lipinski definition) is 2. The Morgan fingerprint density at radius 3 is 3.13 bits per heavy atom. The van der Waals surface area contributed by atoms with E-state index in [0.29, 0.717) is 6.04 Å². The summed E-state index contributed by atoms with van der Waals surface area (Å²) in [6, 6.07) is 8.66. The highest BCUT2D eigenvalue weighted by atomic mass is 35.5. The third-order valence-corrected chi connectivity index (χ3v) is 3.01. The van der Waals surface area contributed by atoms with Crippen molar-refractivity contribution < 1.29 is 0 Å². The maximum atomic E-state index is 5.91. The lowest BCUT2D eigenvalue weighted by molar-refractivity contribution is 0.536. The van der Waals surface area contributed by atoms with Crippen LogP contribution in [0.5, 0.6) is 0 Å². The minimum Gasteiger partial charge on any atom is -0.313 e. The Balaban J connectivity index is 1.73. The van der Waals surface area contributed by atoms with Crippen molar-refractivity contribution in [2.24, 2.45) is 0 Å². The minimum absolute atomic E-state index is 0.657. The van der Waals surface area contributed by atoms with Gasteiger partial charge in [-0.05, 0) is 37.1 Å². The van der Waals surface area contributed by atoms with Gasteiger partial charge in [0.25, 0.3) is 0 Å². The van der Waals surface area contributed by atoms with Crippen LogP contribution in [0.1, 0.15) is 18.4 Å². The standard InChI is InChI=1S/C12H17ClN2/c13-11-4-1-3-10(7-11)8-14-9-12-5-2-6-15-12/h1,3-4,7,12,14-15H,2,5-6,8-9H2/t12-/m0/s1. The smallest absolute Gasteiger partial charge is 0.0409 e. The van der Waals surface area contributed by atoms with E-state index in [1.807, 2.05) is 18.2 Å². The second-order valence-electron chi connectivity index (χ2n) is 4.05. The van der Waals surface area contributed by atoms with E-state index >= 15 is 0 Å². The zero-order chi connectivity index (χ0) is 10.5. The van der Waals surface area contributed by atoms with E-state index in [-0.39, 0.29) is 0 Å². The maximum Gasteiger partial charge on any atom is 0.0409 e. The van der Waals surface area contributed by atoms with Crippen LogP contribution in [0.2, 0.25) is 5.02 Å². The molecule has 0 spiro atoms. The van der Waals surface area contributed by atoms with E-state index in [1.54, 1.807) is 0 Å². The highest BCUT2D eigenvalue weighted by Gasteiger charge is 2.12. The van der Waals surface area contributed by atoms with Crippen LogP contribution in [0.3, 0.4) is 0 Å². The first kappa shape index (κ1) is 10.9. The van der Waals surface area contributed by atoms with Gasteiger partial charge in [-0.1, -0.05) is 23.7 Å². The molecule has 1 atom stereocenters. The lowest BCUT2D eigenvalue weighted by Crippen LogP contribution is -2.33. The summed E-state index contributed by atoms with van der Waals surface area (Å²) >= 11 is 5.91. The van der Waals surface area contributed by atoms with Crippen LogP contribution < -0.4 is 10.6 Å². The molecule has 0 amide bonds. The molecular formula is C12H17ClN2. The van der Waals surface area contributed by atoms with Crippen molar-refractivity contribution in [1.29, 1.82) is 0 Å². The van der Waals surface area contributed by atoms with Crippen molar-refractivity contribution in [3.8, 4) is 0 Å². The first-order valence-electron chi connectivity index (χ1n) is 5.53. The first-order chi connectivity index (χ1) is 7.34. The number of hydrogen-bond donors (Lipinski definition) is 2. The summed E-state index contributed by atoms with van der Waals surface area (Å²) in [7, 11) is 0. The Hall–Kier alpha value is -0.570. The largest absolute Gasteiger partial charge is 0.313 e. The fourth-order valence-corrected chi connectivity index (χ4v) is 2.18. The molecule has 2 nitrogen and oxygen atoms in total. The molecule has 0 unspecified atom stereocenters. The molecule has 1 aliphatic heterocycles. The normalized spacial score (nSPS) is 20.7. The molecule has 1 saturated heterocycles. The van der Waals surface area contributed by atoms with E-state index in [9.17, 15) is 0 Å². The number of rotatable bonds is 4. The van der Waals surface area contributed by atoms with E-state index in [4.69, 9.17) is 11.6 Å². The third kappa shape index (κ3) is 3.49. The maximum absolute atomic E-state index is 5.91.